The van der Waals surface area contributed by atoms with Gasteiger partial charge in [-0.1, -0.05) is 24.8 Å². The standard InChI is InChI=1S/C14H10O4/c1-2-18-14(17)12-5-3-4-9-8-10(13(15)16)6-7-11(9)12/h2-8H,1H2,(H,15,16). The summed E-state index contributed by atoms with van der Waals surface area (Å²) >= 11 is 0. The largest absolute Gasteiger partial charge is 0.478 e. The van der Waals surface area contributed by atoms with Gasteiger partial charge in [-0.2, -0.15) is 0 Å². The second kappa shape index (κ2) is 4.71. The summed E-state index contributed by atoms with van der Waals surface area (Å²) in [6.45, 7) is 3.32. The van der Waals surface area contributed by atoms with Crippen LogP contribution in [0.2, 0.25) is 0 Å². The summed E-state index contributed by atoms with van der Waals surface area (Å²) in [6.07, 6.45) is 1.06. The molecule has 18 heavy (non-hydrogen) atoms. The SMILES string of the molecule is C=COC(=O)c1cccc2cc(C(=O)O)ccc12. The van der Waals surface area contributed by atoms with Crippen LogP contribution in [-0.4, -0.2) is 17.0 Å². The average Bonchev–Trinajstić information content (AvgIpc) is 2.37. The van der Waals surface area contributed by atoms with Crippen molar-refractivity contribution in [3.63, 3.8) is 0 Å². The summed E-state index contributed by atoms with van der Waals surface area (Å²) in [6, 6.07) is 9.60. The molecular weight excluding hydrogens is 232 g/mol. The van der Waals surface area contributed by atoms with Gasteiger partial charge in [0.25, 0.3) is 0 Å². The molecule has 0 aromatic heterocycles. The lowest BCUT2D eigenvalue weighted by atomic mass is 10.0. The third-order valence-electron chi connectivity index (χ3n) is 2.54. The molecule has 0 saturated heterocycles. The van der Waals surface area contributed by atoms with Crippen molar-refractivity contribution in [2.24, 2.45) is 0 Å². The van der Waals surface area contributed by atoms with Crippen LogP contribution in [0.25, 0.3) is 10.8 Å². The highest BCUT2D eigenvalue weighted by Gasteiger charge is 2.11. The van der Waals surface area contributed by atoms with Crippen molar-refractivity contribution in [1.82, 2.24) is 0 Å². The van der Waals surface area contributed by atoms with E-state index < -0.39 is 11.9 Å². The summed E-state index contributed by atoms with van der Waals surface area (Å²) < 4.78 is 4.72. The molecule has 0 radical (unpaired) electrons. The smallest absolute Gasteiger partial charge is 0.343 e. The number of hydrogen-bond donors (Lipinski definition) is 1. The Kier molecular flexibility index (Phi) is 3.10. The maximum absolute atomic E-state index is 11.7. The van der Waals surface area contributed by atoms with Crippen molar-refractivity contribution < 1.29 is 19.4 Å². The number of esters is 1. The second-order valence-electron chi connectivity index (χ2n) is 3.62. The average molecular weight is 242 g/mol. The lowest BCUT2D eigenvalue weighted by Gasteiger charge is -2.05. The molecule has 2 rings (SSSR count). The maximum atomic E-state index is 11.7. The van der Waals surface area contributed by atoms with Crippen LogP contribution in [0.5, 0.6) is 0 Å². The quantitative estimate of drug-likeness (QED) is 0.664. The number of fused-ring (bicyclic) bond motifs is 1. The Morgan fingerprint density at radius 3 is 2.67 bits per heavy atom. The van der Waals surface area contributed by atoms with E-state index in [9.17, 15) is 9.59 Å². The van der Waals surface area contributed by atoms with E-state index in [1.807, 2.05) is 0 Å². The first kappa shape index (κ1) is 11.9. The summed E-state index contributed by atoms with van der Waals surface area (Å²) in [7, 11) is 0. The first-order valence-corrected chi connectivity index (χ1v) is 5.21. The van der Waals surface area contributed by atoms with Crippen LogP contribution >= 0.6 is 0 Å². The van der Waals surface area contributed by atoms with E-state index in [4.69, 9.17) is 9.84 Å². The summed E-state index contributed by atoms with van der Waals surface area (Å²) in [5, 5.41) is 10.2. The first-order valence-electron chi connectivity index (χ1n) is 5.21. The van der Waals surface area contributed by atoms with Gasteiger partial charge in [0.2, 0.25) is 0 Å². The van der Waals surface area contributed by atoms with Crippen LogP contribution in [0, 0.1) is 0 Å². The van der Waals surface area contributed by atoms with Crippen LogP contribution < -0.4 is 0 Å². The van der Waals surface area contributed by atoms with Crippen LogP contribution in [0.3, 0.4) is 0 Å². The van der Waals surface area contributed by atoms with E-state index in [1.165, 1.54) is 12.1 Å². The van der Waals surface area contributed by atoms with Gasteiger partial charge < -0.3 is 9.84 Å². The minimum absolute atomic E-state index is 0.178. The van der Waals surface area contributed by atoms with Crippen LogP contribution in [-0.2, 0) is 4.74 Å². The molecule has 1 N–H and O–H groups in total. The number of rotatable bonds is 3. The zero-order valence-corrected chi connectivity index (χ0v) is 9.42. The van der Waals surface area contributed by atoms with Gasteiger partial charge >= 0.3 is 11.9 Å². The normalized spacial score (nSPS) is 10.0. The minimum atomic E-state index is -1.00. The van der Waals surface area contributed by atoms with Crippen LogP contribution in [0.15, 0.2) is 49.2 Å². The number of aromatic carboxylic acids is 1. The predicted molar refractivity (Wildman–Crippen MR) is 66.5 cm³/mol. The summed E-state index contributed by atoms with van der Waals surface area (Å²) in [4.78, 5) is 22.5. The molecule has 0 spiro atoms. The highest BCUT2D eigenvalue weighted by molar-refractivity contribution is 6.06. The molecule has 0 unspecified atom stereocenters. The van der Waals surface area contributed by atoms with E-state index in [1.54, 1.807) is 24.3 Å². The highest BCUT2D eigenvalue weighted by Crippen LogP contribution is 2.21. The number of carboxylic acids is 1. The summed E-state index contributed by atoms with van der Waals surface area (Å²) in [5.41, 5.74) is 0.557. The van der Waals surface area contributed by atoms with Crippen molar-refractivity contribution >= 4 is 22.7 Å². The van der Waals surface area contributed by atoms with Gasteiger partial charge in [0.1, 0.15) is 0 Å². The third-order valence-corrected chi connectivity index (χ3v) is 2.54. The molecular formula is C14H10O4. The lowest BCUT2D eigenvalue weighted by Crippen LogP contribution is -2.02. The van der Waals surface area contributed by atoms with Gasteiger partial charge in [0.05, 0.1) is 17.4 Å². The Labute approximate surface area is 103 Å². The molecule has 0 aliphatic rings. The maximum Gasteiger partial charge on any atom is 0.343 e. The van der Waals surface area contributed by atoms with E-state index in [-0.39, 0.29) is 5.56 Å². The van der Waals surface area contributed by atoms with E-state index in [2.05, 4.69) is 6.58 Å². The number of carboxylic acid groups (broad SMARTS) is 1. The molecule has 90 valence electrons. The van der Waals surface area contributed by atoms with Gasteiger partial charge in [-0.3, -0.25) is 0 Å². The minimum Gasteiger partial charge on any atom is -0.478 e. The van der Waals surface area contributed by atoms with Crippen molar-refractivity contribution in [1.29, 1.82) is 0 Å². The Bertz CT molecular complexity index is 643. The third kappa shape index (κ3) is 2.08. The lowest BCUT2D eigenvalue weighted by molar-refractivity contribution is 0.0664. The van der Waals surface area contributed by atoms with Gasteiger partial charge in [-0.25, -0.2) is 9.59 Å². The Morgan fingerprint density at radius 1 is 1.22 bits per heavy atom. The first-order chi connectivity index (χ1) is 8.63. The molecule has 2 aromatic rings. The van der Waals surface area contributed by atoms with Gasteiger partial charge in [-0.05, 0) is 29.0 Å². The monoisotopic (exact) mass is 242 g/mol. The molecule has 0 atom stereocenters. The van der Waals surface area contributed by atoms with Gasteiger partial charge in [0, 0.05) is 0 Å². The molecule has 0 aliphatic carbocycles. The number of benzene rings is 2. The van der Waals surface area contributed by atoms with Crippen LogP contribution in [0.4, 0.5) is 0 Å². The number of ether oxygens (including phenoxy) is 1. The molecule has 2 aromatic carbocycles. The Hall–Kier alpha value is -2.62. The van der Waals surface area contributed by atoms with Crippen molar-refractivity contribution in [2.75, 3.05) is 0 Å². The molecule has 0 fully saturated rings. The topological polar surface area (TPSA) is 63.6 Å². The second-order valence-corrected chi connectivity index (χ2v) is 3.62. The molecule has 0 heterocycles. The molecule has 4 nitrogen and oxygen atoms in total. The predicted octanol–water partition coefficient (Wildman–Crippen LogP) is 2.84. The van der Waals surface area contributed by atoms with Crippen LogP contribution in [0.1, 0.15) is 20.7 Å². The molecule has 0 saturated carbocycles. The Balaban J connectivity index is 2.60. The molecule has 0 amide bonds. The van der Waals surface area contributed by atoms with Crippen molar-refractivity contribution in [3.05, 3.63) is 60.4 Å². The fourth-order valence-electron chi connectivity index (χ4n) is 1.73. The van der Waals surface area contributed by atoms with Crippen molar-refractivity contribution in [3.8, 4) is 0 Å². The molecule has 0 bridgehead atoms. The van der Waals surface area contributed by atoms with Gasteiger partial charge in [-0.15, -0.1) is 0 Å². The Morgan fingerprint density at radius 2 is 2.00 bits per heavy atom. The fraction of sp³-hybridized carbons (Fsp3) is 0. The number of hydrogen-bond acceptors (Lipinski definition) is 3. The fourth-order valence-corrected chi connectivity index (χ4v) is 1.73. The van der Waals surface area contributed by atoms with Gasteiger partial charge in [0.15, 0.2) is 0 Å². The highest BCUT2D eigenvalue weighted by atomic mass is 16.5. The van der Waals surface area contributed by atoms with E-state index in [0.717, 1.165) is 6.26 Å². The number of carbonyl (C=O) groups excluding carboxylic acids is 1. The molecule has 0 aliphatic heterocycles. The van der Waals surface area contributed by atoms with E-state index >= 15 is 0 Å². The zero-order chi connectivity index (χ0) is 13.1. The van der Waals surface area contributed by atoms with E-state index in [0.29, 0.717) is 16.3 Å². The van der Waals surface area contributed by atoms with Crippen molar-refractivity contribution in [2.45, 2.75) is 0 Å². The zero-order valence-electron chi connectivity index (χ0n) is 9.42. The summed E-state index contributed by atoms with van der Waals surface area (Å²) in [5.74, 6) is -1.52. The molecule has 4 heteroatoms. The number of carbonyl (C=O) groups is 2.